The van der Waals surface area contributed by atoms with Gasteiger partial charge in [-0.25, -0.2) is 2.65 Å². The smallest absolute Gasteiger partial charge is 0.234 e. The second-order valence-electron chi connectivity index (χ2n) is 2.75. The van der Waals surface area contributed by atoms with Crippen molar-refractivity contribution in [2.24, 2.45) is 31.9 Å². The third kappa shape index (κ3) is 8.07. The number of guanidine groups is 2. The van der Waals surface area contributed by atoms with Crippen molar-refractivity contribution >= 4 is 115 Å². The van der Waals surface area contributed by atoms with Gasteiger partial charge in [0.15, 0.2) is 0 Å². The number of hydrogen-bond acceptors (Lipinski definition) is 4. The number of rotatable bonds is 3. The Morgan fingerprint density at radius 2 is 1.00 bits per heavy atom. The van der Waals surface area contributed by atoms with Gasteiger partial charge in [0, 0.05) is 0 Å². The first-order valence-corrected chi connectivity index (χ1v) is 8.10. The maximum Gasteiger partial charge on any atom is 0.234 e. The zero-order valence-corrected chi connectivity index (χ0v) is 18.0. The maximum absolute atomic E-state index is 5.58. The topological polar surface area (TPSA) is 108 Å². The van der Waals surface area contributed by atoms with Gasteiger partial charge in [0.25, 0.3) is 0 Å². The van der Waals surface area contributed by atoms with Gasteiger partial charge in [-0.2, -0.15) is 10.2 Å². The van der Waals surface area contributed by atoms with Crippen LogP contribution in [-0.2, 0) is 0 Å². The highest BCUT2D eigenvalue weighted by molar-refractivity contribution is 14.2. The summed E-state index contributed by atoms with van der Waals surface area (Å²) in [4.78, 5) is 0. The van der Waals surface area contributed by atoms with Gasteiger partial charge in [0.1, 0.15) is 0 Å². The van der Waals surface area contributed by atoms with Crippen LogP contribution in [0.4, 0.5) is 0 Å². The molecule has 8 nitrogen and oxygen atoms in total. The molecule has 0 saturated carbocycles. The average molecular weight is 702 g/mol. The molecule has 18 heavy (non-hydrogen) atoms. The molecule has 102 valence electrons. The van der Waals surface area contributed by atoms with Crippen molar-refractivity contribution in [1.82, 2.24) is 2.65 Å². The Morgan fingerprint density at radius 3 is 1.22 bits per heavy atom. The lowest BCUT2D eigenvalue weighted by Crippen LogP contribution is -2.21. The summed E-state index contributed by atoms with van der Waals surface area (Å²) in [5.74, 6) is 0.578. The van der Waals surface area contributed by atoms with E-state index in [1.54, 1.807) is 16.5 Å². The first-order valence-electron chi connectivity index (χ1n) is 4.25. The Balaban J connectivity index is 4.85. The quantitative estimate of drug-likeness (QED) is 0.155. The van der Waals surface area contributed by atoms with Crippen LogP contribution in [0.5, 0.6) is 0 Å². The fraction of sp³-hybridized carbons (Fsp3) is 0.333. The highest BCUT2D eigenvalue weighted by atomic mass is 127. The van der Waals surface area contributed by atoms with E-state index in [0.717, 1.165) is 0 Å². The molecule has 0 amide bonds. The molecule has 0 fully saturated rings. The Labute approximate surface area is 161 Å². The largest absolute Gasteiger partial charge is 0.367 e. The van der Waals surface area contributed by atoms with E-state index >= 15 is 0 Å². The molecular weight excluding hydrogens is 692 g/mol. The van der Waals surface area contributed by atoms with E-state index in [0.29, 0.717) is 11.4 Å². The van der Waals surface area contributed by atoms with Crippen LogP contribution in [0.25, 0.3) is 0 Å². The lowest BCUT2D eigenvalue weighted by atomic mass is 10.3. The molecule has 0 rings (SSSR count). The molecular formula is C6H10I4N8. The van der Waals surface area contributed by atoms with E-state index in [1.165, 1.54) is 0 Å². The molecule has 0 aliphatic heterocycles. The number of halogens is 4. The average Bonchev–Trinajstić information content (AvgIpc) is 2.31. The number of nitrogens with two attached hydrogens (primary N) is 2. The Hall–Kier alpha value is 0.800. The van der Waals surface area contributed by atoms with Crippen molar-refractivity contribution in [2.45, 2.75) is 13.8 Å². The molecule has 0 aliphatic carbocycles. The summed E-state index contributed by atoms with van der Waals surface area (Å²) >= 11 is 7.94. The van der Waals surface area contributed by atoms with Crippen molar-refractivity contribution in [1.29, 1.82) is 0 Å². The Kier molecular flexibility index (Phi) is 10.1. The zero-order chi connectivity index (χ0) is 14.3. The van der Waals surface area contributed by atoms with Crippen molar-refractivity contribution < 1.29 is 0 Å². The van der Waals surface area contributed by atoms with Crippen molar-refractivity contribution in [3.05, 3.63) is 0 Å². The minimum Gasteiger partial charge on any atom is -0.367 e. The summed E-state index contributed by atoms with van der Waals surface area (Å²) in [6.45, 7) is 3.52. The second kappa shape index (κ2) is 9.66. The van der Waals surface area contributed by atoms with Gasteiger partial charge in [-0.15, -0.1) is 10.2 Å². The number of hydrogen-bond donors (Lipinski definition) is 2. The van der Waals surface area contributed by atoms with Gasteiger partial charge >= 0.3 is 0 Å². The summed E-state index contributed by atoms with van der Waals surface area (Å²) in [5, 5.41) is 15.5. The lowest BCUT2D eigenvalue weighted by molar-refractivity contribution is 1.11. The van der Waals surface area contributed by atoms with Crippen LogP contribution in [0.2, 0.25) is 0 Å². The Bertz CT molecular complexity index is 360. The minimum absolute atomic E-state index is 0.289. The molecule has 0 radical (unpaired) electrons. The molecule has 0 aromatic heterocycles. The molecule has 0 aromatic rings. The fourth-order valence-electron chi connectivity index (χ4n) is 0.465. The molecule has 0 heterocycles. The third-order valence-corrected chi connectivity index (χ3v) is 3.45. The molecule has 0 atom stereocenters. The van der Waals surface area contributed by atoms with E-state index in [9.17, 15) is 0 Å². The standard InChI is InChI=1S/C6H10I4N8/c1-3(13-15-5(11)17(7)8)4(2)14-16-6(12)18(9)10/h1-2H3,(H2,11,15)(H2,12,16)/b13-3+,14-4+. The van der Waals surface area contributed by atoms with Crippen LogP contribution in [-0.4, -0.2) is 26.0 Å². The van der Waals surface area contributed by atoms with Crippen LogP contribution in [0.3, 0.4) is 0 Å². The molecule has 0 unspecified atom stereocenters. The number of nitrogens with zero attached hydrogens (tertiary/aromatic N) is 6. The second-order valence-corrected chi connectivity index (χ2v) is 10.3. The van der Waals surface area contributed by atoms with E-state index < -0.39 is 0 Å². The SMILES string of the molecule is CC(=N\N=C(/N)N(I)I)/C(C)=N/N=C(\N)N(I)I. The van der Waals surface area contributed by atoms with Gasteiger partial charge < -0.3 is 11.5 Å². The summed E-state index contributed by atoms with van der Waals surface area (Å²) in [6, 6.07) is 0. The van der Waals surface area contributed by atoms with Crippen molar-refractivity contribution in [3.63, 3.8) is 0 Å². The summed E-state index contributed by atoms with van der Waals surface area (Å²) in [5.41, 5.74) is 12.4. The van der Waals surface area contributed by atoms with E-state index in [-0.39, 0.29) is 11.9 Å². The monoisotopic (exact) mass is 702 g/mol. The highest BCUT2D eigenvalue weighted by Gasteiger charge is 2.01. The van der Waals surface area contributed by atoms with Gasteiger partial charge in [-0.3, -0.25) is 0 Å². The molecule has 0 aliphatic rings. The van der Waals surface area contributed by atoms with Gasteiger partial charge in [-0.1, -0.05) is 0 Å². The first kappa shape index (κ1) is 18.8. The van der Waals surface area contributed by atoms with Crippen LogP contribution in [0.15, 0.2) is 20.4 Å². The van der Waals surface area contributed by atoms with Gasteiger partial charge in [-0.05, 0) is 13.8 Å². The summed E-state index contributed by atoms with van der Waals surface area (Å²) in [6.07, 6.45) is 0. The summed E-state index contributed by atoms with van der Waals surface area (Å²) in [7, 11) is 0. The molecule has 0 saturated heterocycles. The summed E-state index contributed by atoms with van der Waals surface area (Å²) < 4.78 is 3.19. The van der Waals surface area contributed by atoms with Crippen LogP contribution >= 0.6 is 91.5 Å². The fourth-order valence-corrected chi connectivity index (χ4v) is 0.851. The van der Waals surface area contributed by atoms with Gasteiger partial charge in [0.2, 0.25) is 11.9 Å². The zero-order valence-electron chi connectivity index (χ0n) is 9.35. The van der Waals surface area contributed by atoms with E-state index in [4.69, 9.17) is 11.5 Å². The normalized spacial score (nSPS) is 14.8. The van der Waals surface area contributed by atoms with Gasteiger partial charge in [0.05, 0.1) is 103 Å². The van der Waals surface area contributed by atoms with Crippen LogP contribution in [0, 0.1) is 0 Å². The maximum atomic E-state index is 5.58. The van der Waals surface area contributed by atoms with E-state index in [2.05, 4.69) is 20.4 Å². The van der Waals surface area contributed by atoms with Crippen LogP contribution in [0.1, 0.15) is 13.8 Å². The molecule has 0 aromatic carbocycles. The van der Waals surface area contributed by atoms with Crippen LogP contribution < -0.4 is 11.5 Å². The van der Waals surface area contributed by atoms with E-state index in [1.807, 2.05) is 91.5 Å². The third-order valence-electron chi connectivity index (χ3n) is 1.47. The highest BCUT2D eigenvalue weighted by Crippen LogP contribution is 2.06. The van der Waals surface area contributed by atoms with Crippen molar-refractivity contribution in [2.75, 3.05) is 0 Å². The molecule has 4 N–H and O–H groups in total. The predicted molar refractivity (Wildman–Crippen MR) is 109 cm³/mol. The minimum atomic E-state index is 0.289. The molecule has 0 bridgehead atoms. The predicted octanol–water partition coefficient (Wildman–Crippen LogP) is 2.37. The lowest BCUT2D eigenvalue weighted by Gasteiger charge is -2.03. The van der Waals surface area contributed by atoms with Crippen molar-refractivity contribution in [3.8, 4) is 0 Å². The first-order chi connectivity index (χ1) is 8.25. The molecule has 12 heteroatoms. The molecule has 0 spiro atoms. The Morgan fingerprint density at radius 1 is 0.722 bits per heavy atom.